The van der Waals surface area contributed by atoms with Crippen molar-refractivity contribution >= 4 is 23.2 Å². The number of carbonyl (C=O) groups is 2. The molecule has 1 aliphatic rings. The van der Waals surface area contributed by atoms with Crippen molar-refractivity contribution in [1.29, 1.82) is 0 Å². The first-order chi connectivity index (χ1) is 12.8. The van der Waals surface area contributed by atoms with Crippen LogP contribution < -0.4 is 15.4 Å². The van der Waals surface area contributed by atoms with Gasteiger partial charge in [-0.3, -0.25) is 9.59 Å². The molecule has 1 atom stereocenters. The molecule has 0 spiro atoms. The van der Waals surface area contributed by atoms with Crippen LogP contribution in [0.2, 0.25) is 0 Å². The van der Waals surface area contributed by atoms with Gasteiger partial charge in [0, 0.05) is 29.8 Å². The number of para-hydroxylation sites is 1. The molecule has 2 N–H and O–H groups in total. The van der Waals surface area contributed by atoms with Crippen molar-refractivity contribution < 1.29 is 27.5 Å². The van der Waals surface area contributed by atoms with E-state index in [1.807, 2.05) is 24.3 Å². The molecule has 2 aromatic carbocycles. The van der Waals surface area contributed by atoms with Gasteiger partial charge in [-0.25, -0.2) is 0 Å². The highest BCUT2D eigenvalue weighted by atomic mass is 19.4. The molecule has 0 aromatic heterocycles. The topological polar surface area (TPSA) is 67.4 Å². The summed E-state index contributed by atoms with van der Waals surface area (Å²) in [6, 6.07) is 12.5. The van der Waals surface area contributed by atoms with E-state index in [0.717, 1.165) is 23.4 Å². The van der Waals surface area contributed by atoms with Gasteiger partial charge in [0.05, 0.1) is 0 Å². The lowest BCUT2D eigenvalue weighted by molar-refractivity contribution is -0.274. The molecule has 8 heteroatoms. The van der Waals surface area contributed by atoms with Gasteiger partial charge in [-0.15, -0.1) is 13.2 Å². The molecule has 142 valence electrons. The first kappa shape index (κ1) is 18.8. The molecule has 0 bridgehead atoms. The zero-order chi connectivity index (χ0) is 19.4. The minimum atomic E-state index is -4.80. The van der Waals surface area contributed by atoms with E-state index in [1.54, 1.807) is 0 Å². The predicted octanol–water partition coefficient (Wildman–Crippen LogP) is 4.11. The number of fused-ring (bicyclic) bond motifs is 1. The Labute approximate surface area is 153 Å². The Morgan fingerprint density at radius 3 is 2.74 bits per heavy atom. The summed E-state index contributed by atoms with van der Waals surface area (Å²) in [7, 11) is 0. The van der Waals surface area contributed by atoms with E-state index in [-0.39, 0.29) is 29.8 Å². The van der Waals surface area contributed by atoms with Crippen LogP contribution in [0.1, 0.15) is 18.4 Å². The Morgan fingerprint density at radius 1 is 1.19 bits per heavy atom. The van der Waals surface area contributed by atoms with Gasteiger partial charge in [-0.05, 0) is 36.6 Å². The molecule has 0 unspecified atom stereocenters. The fourth-order valence-corrected chi connectivity index (χ4v) is 2.95. The lowest BCUT2D eigenvalue weighted by atomic mass is 9.89. The summed E-state index contributed by atoms with van der Waals surface area (Å²) in [5.74, 6) is -1.26. The average Bonchev–Trinajstić information content (AvgIpc) is 2.58. The zero-order valence-corrected chi connectivity index (χ0v) is 14.2. The van der Waals surface area contributed by atoms with Crippen LogP contribution in [0.25, 0.3) is 0 Å². The van der Waals surface area contributed by atoms with Gasteiger partial charge in [-0.1, -0.05) is 24.3 Å². The average molecular weight is 378 g/mol. The second kappa shape index (κ2) is 7.69. The van der Waals surface area contributed by atoms with Crippen molar-refractivity contribution in [2.75, 3.05) is 10.6 Å². The molecule has 2 amide bonds. The fraction of sp³-hybridized carbons (Fsp3) is 0.263. The Balaban J connectivity index is 1.54. The van der Waals surface area contributed by atoms with Crippen LogP contribution in [0.15, 0.2) is 48.5 Å². The summed E-state index contributed by atoms with van der Waals surface area (Å²) in [5.41, 5.74) is 1.99. The van der Waals surface area contributed by atoms with E-state index in [9.17, 15) is 22.8 Å². The van der Waals surface area contributed by atoms with E-state index < -0.39 is 12.1 Å². The smallest absolute Gasteiger partial charge is 0.406 e. The number of alkyl halides is 3. The van der Waals surface area contributed by atoms with E-state index in [0.29, 0.717) is 12.8 Å². The summed E-state index contributed by atoms with van der Waals surface area (Å²) in [4.78, 5) is 24.2. The summed E-state index contributed by atoms with van der Waals surface area (Å²) >= 11 is 0. The Hall–Kier alpha value is -3.03. The van der Waals surface area contributed by atoms with Gasteiger partial charge in [0.1, 0.15) is 5.75 Å². The normalized spacial score (nSPS) is 16.3. The lowest BCUT2D eigenvalue weighted by Crippen LogP contribution is -2.30. The van der Waals surface area contributed by atoms with Crippen LogP contribution in [-0.4, -0.2) is 18.2 Å². The van der Waals surface area contributed by atoms with Gasteiger partial charge in [0.2, 0.25) is 11.8 Å². The lowest BCUT2D eigenvalue weighted by Gasteiger charge is -2.24. The van der Waals surface area contributed by atoms with Crippen molar-refractivity contribution in [1.82, 2.24) is 0 Å². The van der Waals surface area contributed by atoms with Crippen molar-refractivity contribution in [2.24, 2.45) is 5.92 Å². The third kappa shape index (κ3) is 5.22. The van der Waals surface area contributed by atoms with E-state index in [1.165, 1.54) is 12.1 Å². The highest BCUT2D eigenvalue weighted by Gasteiger charge is 2.31. The number of carbonyl (C=O) groups excluding carboxylic acids is 2. The first-order valence-electron chi connectivity index (χ1n) is 8.34. The molecule has 0 fully saturated rings. The van der Waals surface area contributed by atoms with Crippen LogP contribution >= 0.6 is 0 Å². The van der Waals surface area contributed by atoms with Crippen LogP contribution in [-0.2, 0) is 16.0 Å². The second-order valence-electron chi connectivity index (χ2n) is 6.21. The number of benzene rings is 2. The van der Waals surface area contributed by atoms with Gasteiger partial charge in [0.25, 0.3) is 0 Å². The predicted molar refractivity (Wildman–Crippen MR) is 93.3 cm³/mol. The quantitative estimate of drug-likeness (QED) is 0.823. The molecule has 5 nitrogen and oxygen atoms in total. The van der Waals surface area contributed by atoms with Gasteiger partial charge >= 0.3 is 6.36 Å². The van der Waals surface area contributed by atoms with Crippen LogP contribution in [0.3, 0.4) is 0 Å². The molecule has 0 saturated carbocycles. The van der Waals surface area contributed by atoms with Crippen molar-refractivity contribution in [3.8, 4) is 5.75 Å². The molecular weight excluding hydrogens is 361 g/mol. The minimum Gasteiger partial charge on any atom is -0.406 e. The highest BCUT2D eigenvalue weighted by molar-refractivity contribution is 5.96. The summed E-state index contributed by atoms with van der Waals surface area (Å²) in [5, 5.41) is 5.34. The molecule has 27 heavy (non-hydrogen) atoms. The van der Waals surface area contributed by atoms with E-state index in [2.05, 4.69) is 15.4 Å². The van der Waals surface area contributed by atoms with E-state index >= 15 is 0 Å². The standard InChI is InChI=1S/C19H17F3N2O3/c20-19(21,22)27-15-6-3-5-14(11-15)23-17(25)9-8-13-10-12-4-1-2-7-16(12)24-18(13)26/h1-7,11,13H,8-10H2,(H,23,25)(H,24,26)/t13-/m1/s1. The molecular formula is C19H17F3N2O3. The third-order valence-electron chi connectivity index (χ3n) is 4.18. The van der Waals surface area contributed by atoms with Crippen molar-refractivity contribution in [3.63, 3.8) is 0 Å². The first-order valence-corrected chi connectivity index (χ1v) is 8.34. The monoisotopic (exact) mass is 378 g/mol. The molecule has 0 radical (unpaired) electrons. The van der Waals surface area contributed by atoms with Crippen molar-refractivity contribution in [3.05, 3.63) is 54.1 Å². The maximum absolute atomic E-state index is 12.3. The second-order valence-corrected chi connectivity index (χ2v) is 6.21. The van der Waals surface area contributed by atoms with Crippen molar-refractivity contribution in [2.45, 2.75) is 25.6 Å². The fourth-order valence-electron chi connectivity index (χ4n) is 2.95. The molecule has 0 aliphatic carbocycles. The van der Waals surface area contributed by atoms with Crippen LogP contribution in [0, 0.1) is 5.92 Å². The minimum absolute atomic E-state index is 0.0740. The molecule has 2 aromatic rings. The number of hydrogen-bond acceptors (Lipinski definition) is 3. The molecule has 0 saturated heterocycles. The number of ether oxygens (including phenoxy) is 1. The number of hydrogen-bond donors (Lipinski definition) is 2. The summed E-state index contributed by atoms with van der Waals surface area (Å²) in [6.07, 6.45) is -3.84. The summed E-state index contributed by atoms with van der Waals surface area (Å²) < 4.78 is 40.6. The zero-order valence-electron chi connectivity index (χ0n) is 14.2. The maximum Gasteiger partial charge on any atom is 0.573 e. The number of rotatable bonds is 5. The number of anilines is 2. The largest absolute Gasteiger partial charge is 0.573 e. The third-order valence-corrected chi connectivity index (χ3v) is 4.18. The molecule has 3 rings (SSSR count). The van der Waals surface area contributed by atoms with Gasteiger partial charge in [-0.2, -0.15) is 0 Å². The Bertz CT molecular complexity index is 852. The SMILES string of the molecule is O=C(CC[C@@H]1Cc2ccccc2NC1=O)Nc1cccc(OC(F)(F)F)c1. The molecule has 1 heterocycles. The van der Waals surface area contributed by atoms with Gasteiger partial charge in [0.15, 0.2) is 0 Å². The Morgan fingerprint density at radius 2 is 1.96 bits per heavy atom. The number of halogens is 3. The van der Waals surface area contributed by atoms with E-state index in [4.69, 9.17) is 0 Å². The van der Waals surface area contributed by atoms with Crippen LogP contribution in [0.4, 0.5) is 24.5 Å². The Kier molecular flexibility index (Phi) is 5.34. The molecule has 1 aliphatic heterocycles. The van der Waals surface area contributed by atoms with Gasteiger partial charge < -0.3 is 15.4 Å². The number of amides is 2. The maximum atomic E-state index is 12.3. The highest BCUT2D eigenvalue weighted by Crippen LogP contribution is 2.28. The summed E-state index contributed by atoms with van der Waals surface area (Å²) in [6.45, 7) is 0. The number of nitrogens with one attached hydrogen (secondary N) is 2. The van der Waals surface area contributed by atoms with Crippen LogP contribution in [0.5, 0.6) is 5.75 Å².